The van der Waals surface area contributed by atoms with Crippen molar-refractivity contribution < 1.29 is 92.8 Å². The third kappa shape index (κ3) is 16.0. The second kappa shape index (κ2) is 29.2. The number of aliphatic hydroxyl groups excluding tert-OH is 3. The molecular formula is C55H77N11O19. The van der Waals surface area contributed by atoms with E-state index in [0.29, 0.717) is 0 Å². The molecule has 0 radical (unpaired) electrons. The van der Waals surface area contributed by atoms with Gasteiger partial charge in [0.2, 0.25) is 35.3 Å². The first-order valence-corrected chi connectivity index (χ1v) is 27.8. The highest BCUT2D eigenvalue weighted by Gasteiger charge is 2.49. The van der Waals surface area contributed by atoms with Gasteiger partial charge in [-0.3, -0.25) is 43.3 Å². The maximum absolute atomic E-state index is 14.3. The summed E-state index contributed by atoms with van der Waals surface area (Å²) in [5.74, 6) is -10.7. The van der Waals surface area contributed by atoms with Gasteiger partial charge >= 0.3 is 5.97 Å². The molecule has 2 fully saturated rings. The van der Waals surface area contributed by atoms with E-state index in [1.54, 1.807) is 27.7 Å². The Morgan fingerprint density at radius 2 is 1.58 bits per heavy atom. The monoisotopic (exact) mass is 1200 g/mol. The molecule has 4 aliphatic rings. The van der Waals surface area contributed by atoms with Crippen LogP contribution in [0.5, 0.6) is 17.2 Å². The highest BCUT2D eigenvalue weighted by atomic mass is 16.7. The lowest BCUT2D eigenvalue weighted by Gasteiger charge is -2.43. The number of phenols is 2. The number of nitrogens with two attached hydrogens (primary N) is 3. The van der Waals surface area contributed by atoms with E-state index in [4.69, 9.17) is 36.2 Å². The number of carbonyl (C=O) groups excluding carboxylic acids is 8. The van der Waals surface area contributed by atoms with Crippen molar-refractivity contribution >= 4 is 64.7 Å². The van der Waals surface area contributed by atoms with Gasteiger partial charge in [0.1, 0.15) is 47.5 Å². The van der Waals surface area contributed by atoms with Crippen molar-refractivity contribution in [3.05, 3.63) is 51.6 Å². The fourth-order valence-corrected chi connectivity index (χ4v) is 10.7. The Labute approximate surface area is 488 Å². The van der Waals surface area contributed by atoms with E-state index in [-0.39, 0.29) is 116 Å². The number of benzene rings is 2. The number of nitrogens with zero attached hydrogens (tertiary/aromatic N) is 2. The van der Waals surface area contributed by atoms with Crippen molar-refractivity contribution in [2.75, 3.05) is 40.0 Å². The van der Waals surface area contributed by atoms with Crippen LogP contribution in [0.4, 0.5) is 0 Å². The number of ether oxygens (including phenoxy) is 3. The number of aliphatic carboxylic acids is 1. The van der Waals surface area contributed by atoms with Gasteiger partial charge in [-0.1, -0.05) is 38.1 Å². The average Bonchev–Trinajstić information content (AvgIpc) is 1.35. The molecule has 0 spiro atoms. The first-order chi connectivity index (χ1) is 40.2. The quantitative estimate of drug-likeness (QED) is 0.0216. The first-order valence-electron chi connectivity index (χ1n) is 27.8. The molecule has 0 aromatic heterocycles. The summed E-state index contributed by atoms with van der Waals surface area (Å²) < 4.78 is 17.8. The molecule has 2 aromatic rings. The molecule has 85 heavy (non-hydrogen) atoms. The molecule has 30 heteroatoms. The molecule has 30 nitrogen and oxygen atoms in total. The normalized spacial score (nSPS) is 27.3. The van der Waals surface area contributed by atoms with Crippen molar-refractivity contribution in [1.29, 1.82) is 0 Å². The van der Waals surface area contributed by atoms with Crippen molar-refractivity contribution in [3.63, 3.8) is 0 Å². The first kappa shape index (κ1) is 66.1. The van der Waals surface area contributed by atoms with Gasteiger partial charge in [-0.15, -0.1) is 0 Å². The van der Waals surface area contributed by atoms with Crippen molar-refractivity contribution in [2.45, 2.75) is 153 Å². The number of rotatable bonds is 17. The highest BCUT2D eigenvalue weighted by molar-refractivity contribution is 6.31. The van der Waals surface area contributed by atoms with Gasteiger partial charge in [-0.25, -0.2) is 4.79 Å². The van der Waals surface area contributed by atoms with E-state index in [1.807, 2.05) is 0 Å². The minimum atomic E-state index is -1.71. The van der Waals surface area contributed by atoms with Crippen molar-refractivity contribution in [3.8, 4) is 17.2 Å². The molecule has 18 N–H and O–H groups in total. The predicted molar refractivity (Wildman–Crippen MR) is 299 cm³/mol. The molecule has 6 rings (SSSR count). The second-order valence-corrected chi connectivity index (χ2v) is 22.1. The lowest BCUT2D eigenvalue weighted by Crippen LogP contribution is -2.60. The van der Waals surface area contributed by atoms with Crippen LogP contribution in [0.25, 0.3) is 0 Å². The molecule has 2 aromatic carbocycles. The zero-order valence-corrected chi connectivity index (χ0v) is 47.8. The number of aliphatic hydroxyl groups is 3. The molecule has 2 aliphatic heterocycles. The fraction of sp³-hybridized carbons (Fsp3) is 0.582. The summed E-state index contributed by atoms with van der Waals surface area (Å²) in [6.45, 7) is 3.76. The summed E-state index contributed by atoms with van der Waals surface area (Å²) in [6, 6.07) is -4.26. The Hall–Kier alpha value is -8.03. The number of aliphatic imine (C=N–C) groups is 1. The number of methoxy groups -OCH3 is 1. The number of hydrogen-bond acceptors (Lipinski definition) is 21. The van der Waals surface area contributed by atoms with Crippen LogP contribution in [0.1, 0.15) is 135 Å². The number of carbonyl (C=O) groups is 9. The van der Waals surface area contributed by atoms with Gasteiger partial charge in [0.25, 0.3) is 5.91 Å². The van der Waals surface area contributed by atoms with Crippen LogP contribution in [0.15, 0.2) is 28.3 Å². The van der Waals surface area contributed by atoms with Crippen LogP contribution in [0, 0.1) is 11.3 Å². The van der Waals surface area contributed by atoms with Gasteiger partial charge in [-0.2, -0.15) is 0 Å². The fourth-order valence-electron chi connectivity index (χ4n) is 10.7. The van der Waals surface area contributed by atoms with Crippen molar-refractivity contribution in [1.82, 2.24) is 31.9 Å². The topological polar surface area (TPSA) is 487 Å². The van der Waals surface area contributed by atoms with E-state index in [2.05, 4.69) is 42.0 Å². The number of oxime groups is 1. The van der Waals surface area contributed by atoms with Gasteiger partial charge in [0.05, 0.1) is 67.5 Å². The van der Waals surface area contributed by atoms with Crippen LogP contribution in [0.2, 0.25) is 0 Å². The average molecular weight is 1200 g/mol. The van der Waals surface area contributed by atoms with E-state index in [0.717, 1.165) is 0 Å². The molecule has 6 amide bonds. The van der Waals surface area contributed by atoms with Crippen LogP contribution < -0.4 is 53.8 Å². The van der Waals surface area contributed by atoms with E-state index in [9.17, 15) is 73.8 Å². The number of nitrogens with one attached hydrogen (secondary N) is 6. The maximum Gasteiger partial charge on any atom is 0.326 e. The third-order valence-corrected chi connectivity index (χ3v) is 15.2. The Morgan fingerprint density at radius 1 is 0.906 bits per heavy atom. The van der Waals surface area contributed by atoms with Crippen LogP contribution >= 0.6 is 0 Å². The number of carboxylic acid groups (broad SMARTS) is 1. The van der Waals surface area contributed by atoms with E-state index in [1.165, 1.54) is 25.3 Å². The number of hydrogen-bond donors (Lipinski definition) is 15. The Balaban J connectivity index is 1.28. The summed E-state index contributed by atoms with van der Waals surface area (Å²) >= 11 is 0. The summed E-state index contributed by atoms with van der Waals surface area (Å²) in [7, 11) is 1.30. The summed E-state index contributed by atoms with van der Waals surface area (Å²) in [6.07, 6.45) is -5.56. The summed E-state index contributed by atoms with van der Waals surface area (Å²) in [4.78, 5) is 133. The Morgan fingerprint density at radius 3 is 2.22 bits per heavy atom. The predicted octanol–water partition coefficient (Wildman–Crippen LogP) is -2.63. The second-order valence-electron chi connectivity index (χ2n) is 22.1. The summed E-state index contributed by atoms with van der Waals surface area (Å²) in [5.41, 5.74) is 14.1. The Kier molecular flexibility index (Phi) is 22.7. The smallest absolute Gasteiger partial charge is 0.326 e. The number of amides is 6. The maximum atomic E-state index is 14.3. The number of guanidine groups is 1. The van der Waals surface area contributed by atoms with E-state index < -0.39 is 168 Å². The number of phenolic OH excluding ortho intramolecular Hbond substituents is 2. The van der Waals surface area contributed by atoms with Gasteiger partial charge in [-0.05, 0) is 70.3 Å². The summed E-state index contributed by atoms with van der Waals surface area (Å²) in [5, 5.41) is 84.6. The third-order valence-electron chi connectivity index (χ3n) is 15.2. The molecule has 0 bridgehead atoms. The minimum absolute atomic E-state index is 0.00230. The lowest BCUT2D eigenvalue weighted by molar-refractivity contribution is -0.244. The van der Waals surface area contributed by atoms with Gasteiger partial charge < -0.3 is 98.8 Å². The Bertz CT molecular complexity index is 2920. The van der Waals surface area contributed by atoms with Crippen LogP contribution in [-0.2, 0) is 54.3 Å². The molecule has 2 aliphatic carbocycles. The number of aromatic hydroxyl groups is 2. The zero-order valence-electron chi connectivity index (χ0n) is 47.8. The molecule has 2 heterocycles. The molecule has 0 saturated carbocycles. The van der Waals surface area contributed by atoms with Crippen LogP contribution in [-0.4, -0.2) is 190 Å². The standard InChI is InChI=1S/C55H77N11O19/c1-24(2)16-31-50(77)62-29(12-9-15-60-54(57)58)49(76)65-33(21-67)52(79)63-30(53(80)81)11-6-7-14-59-37(69)18-32(51(78)64-31)61-38(70)23-83-66-36(22-68)55(4)19-27-41(35(20-55)85-39-17-28(56)44(71)25(3)84-39)48(75)43-42(46(27)73)45(72)26-10-8-13-34(82-5)40(26)47(43)74/h8,10,13,24-25,28-33,35,39,44,67-68,71,73,75H,6-7,9,11-12,14-23,56H2,1-5H3,(H,59,69)(H,61,70)(H,62,77)(H,63,79)(H,64,78)(H,65,76)(H,80,81)(H4,57,58,60)/t25?,28?,29-,30-,31-,32-,33-,35-,39?,44?,55+/m0/s1. The molecule has 11 atom stereocenters. The number of carboxylic acids is 1. The molecule has 466 valence electrons. The van der Waals surface area contributed by atoms with Crippen LogP contribution in [0.3, 0.4) is 0 Å². The van der Waals surface area contributed by atoms with E-state index >= 15 is 0 Å². The highest BCUT2D eigenvalue weighted by Crippen LogP contribution is 2.54. The molecule has 4 unspecified atom stereocenters. The molecule has 2 saturated heterocycles. The molecular weight excluding hydrogens is 1120 g/mol. The number of fused-ring (bicyclic) bond motifs is 3. The van der Waals surface area contributed by atoms with Crippen molar-refractivity contribution in [2.24, 2.45) is 38.7 Å². The largest absolute Gasteiger partial charge is 0.507 e. The SMILES string of the molecule is COc1cccc2c1C(=O)c1c(O)c3c(c(O)c1C2=O)C[C@@](C)(C(CO)=NOCC(=O)N[C@H]1CC(=O)NCCCC[C@@H](C(=O)O)NC(=O)[C@H](CO)NC(=O)[C@H](CCCN=C(N)N)NC(=O)[C@H](CC(C)C)NC1=O)C[C@@H]3OC1CC(N)C(O)C(C)O1. The van der Waals surface area contributed by atoms with Gasteiger partial charge in [0, 0.05) is 47.7 Å². The zero-order chi connectivity index (χ0) is 62.6. The number of ketones is 2. The minimum Gasteiger partial charge on any atom is -0.507 e. The lowest BCUT2D eigenvalue weighted by atomic mass is 9.66. The van der Waals surface area contributed by atoms with Gasteiger partial charge in [0.15, 0.2) is 24.6 Å².